The Bertz CT molecular complexity index is 564. The van der Waals surface area contributed by atoms with Crippen LogP contribution in [-0.2, 0) is 8.85 Å². The molecule has 9 heteroatoms. The fourth-order valence-corrected chi connectivity index (χ4v) is 6.59. The van der Waals surface area contributed by atoms with E-state index >= 15 is 0 Å². The first-order valence-electron chi connectivity index (χ1n) is 11.1. The molecule has 1 aromatic rings. The van der Waals surface area contributed by atoms with E-state index < -0.39 is 14.2 Å². The van der Waals surface area contributed by atoms with Gasteiger partial charge in [0.05, 0.1) is 12.2 Å². The Kier molecular flexibility index (Phi) is 13.2. The third kappa shape index (κ3) is 10.2. The van der Waals surface area contributed by atoms with Crippen LogP contribution in [0.3, 0.4) is 0 Å². The number of hydrogen-bond donors (Lipinski definition) is 5. The van der Waals surface area contributed by atoms with Gasteiger partial charge in [0.15, 0.2) is 0 Å². The molecule has 0 amide bonds. The highest BCUT2D eigenvalue weighted by Crippen LogP contribution is 2.31. The van der Waals surface area contributed by atoms with Crippen molar-refractivity contribution in [1.82, 2.24) is 0 Å². The van der Waals surface area contributed by atoms with Gasteiger partial charge in [-0.1, -0.05) is 6.07 Å². The van der Waals surface area contributed by atoms with Crippen molar-refractivity contribution in [2.75, 3.05) is 45.1 Å². The van der Waals surface area contributed by atoms with E-state index in [0.29, 0.717) is 45.1 Å². The molecule has 0 aliphatic heterocycles. The standard InChI is InChI=1S/C21H43N5O3Si/c1-30(17-5-11-22,29-21(8-12-23,9-13-24)10-14-25)28-16-3-2-15-27-20-7-4-6-19(26)18-20/h4,6-7,18H,2-3,5,8-17,22-26H2,1H3. The summed E-state index contributed by atoms with van der Waals surface area (Å²) < 4.78 is 18.8. The van der Waals surface area contributed by atoms with Gasteiger partial charge < -0.3 is 42.3 Å². The van der Waals surface area contributed by atoms with Crippen molar-refractivity contribution < 1.29 is 13.6 Å². The summed E-state index contributed by atoms with van der Waals surface area (Å²) in [6, 6.07) is 8.30. The highest BCUT2D eigenvalue weighted by atomic mass is 28.4. The summed E-state index contributed by atoms with van der Waals surface area (Å²) in [7, 11) is -2.45. The van der Waals surface area contributed by atoms with Crippen LogP contribution in [0.25, 0.3) is 0 Å². The normalized spacial score (nSPS) is 13.9. The molecule has 0 aliphatic carbocycles. The third-order valence-corrected chi connectivity index (χ3v) is 8.08. The summed E-state index contributed by atoms with van der Waals surface area (Å²) in [6.07, 6.45) is 4.81. The van der Waals surface area contributed by atoms with Crippen LogP contribution in [0.1, 0.15) is 38.5 Å². The summed E-state index contributed by atoms with van der Waals surface area (Å²) in [5, 5.41) is 0. The van der Waals surface area contributed by atoms with Gasteiger partial charge >= 0.3 is 8.56 Å². The average Bonchev–Trinajstić information content (AvgIpc) is 2.70. The molecule has 10 N–H and O–H groups in total. The zero-order chi connectivity index (χ0) is 22.3. The molecule has 1 atom stereocenters. The van der Waals surface area contributed by atoms with E-state index in [1.807, 2.05) is 24.3 Å². The van der Waals surface area contributed by atoms with Crippen molar-refractivity contribution in [1.29, 1.82) is 0 Å². The predicted molar refractivity (Wildman–Crippen MR) is 126 cm³/mol. The van der Waals surface area contributed by atoms with E-state index in [1.54, 1.807) is 0 Å². The van der Waals surface area contributed by atoms with E-state index in [-0.39, 0.29) is 0 Å². The quantitative estimate of drug-likeness (QED) is 0.131. The molecule has 0 radical (unpaired) electrons. The minimum atomic E-state index is -2.45. The highest BCUT2D eigenvalue weighted by molar-refractivity contribution is 6.66. The Balaban J connectivity index is 2.58. The summed E-state index contributed by atoms with van der Waals surface area (Å²) in [5.74, 6) is 0.788. The number of nitrogens with two attached hydrogens (primary N) is 5. The van der Waals surface area contributed by atoms with Crippen molar-refractivity contribution in [3.05, 3.63) is 24.3 Å². The van der Waals surface area contributed by atoms with Gasteiger partial charge in [0.25, 0.3) is 0 Å². The Morgan fingerprint density at radius 2 is 1.50 bits per heavy atom. The molecule has 30 heavy (non-hydrogen) atoms. The van der Waals surface area contributed by atoms with Gasteiger partial charge in [-0.15, -0.1) is 0 Å². The van der Waals surface area contributed by atoms with Crippen molar-refractivity contribution >= 4 is 14.2 Å². The fourth-order valence-electron chi connectivity index (χ4n) is 3.64. The topological polar surface area (TPSA) is 158 Å². The number of ether oxygens (including phenoxy) is 1. The van der Waals surface area contributed by atoms with Crippen LogP contribution >= 0.6 is 0 Å². The molecular formula is C21H43N5O3Si. The van der Waals surface area contributed by atoms with Gasteiger partial charge in [0, 0.05) is 18.4 Å². The maximum atomic E-state index is 6.71. The minimum absolute atomic E-state index is 0.413. The molecule has 0 saturated carbocycles. The first-order chi connectivity index (χ1) is 14.4. The van der Waals surface area contributed by atoms with Crippen LogP contribution in [0.15, 0.2) is 24.3 Å². The van der Waals surface area contributed by atoms with Crippen molar-refractivity contribution in [2.24, 2.45) is 22.9 Å². The largest absolute Gasteiger partial charge is 0.494 e. The molecule has 0 saturated heterocycles. The molecule has 1 aromatic carbocycles. The van der Waals surface area contributed by atoms with Gasteiger partial charge in [0.1, 0.15) is 5.75 Å². The van der Waals surface area contributed by atoms with Gasteiger partial charge in [-0.05, 0) is 89.4 Å². The second-order valence-corrected chi connectivity index (χ2v) is 11.2. The molecular weight excluding hydrogens is 398 g/mol. The molecule has 0 bridgehead atoms. The zero-order valence-electron chi connectivity index (χ0n) is 18.6. The molecule has 0 aromatic heterocycles. The van der Waals surface area contributed by atoms with Crippen molar-refractivity contribution in [2.45, 2.75) is 56.7 Å². The minimum Gasteiger partial charge on any atom is -0.494 e. The lowest BCUT2D eigenvalue weighted by Crippen LogP contribution is -2.51. The Morgan fingerprint density at radius 1 is 0.867 bits per heavy atom. The number of rotatable bonds is 18. The summed E-state index contributed by atoms with van der Waals surface area (Å²) in [6.45, 7) is 5.56. The van der Waals surface area contributed by atoms with E-state index in [2.05, 4.69) is 6.55 Å². The molecule has 1 rings (SSSR count). The average molecular weight is 442 g/mol. The lowest BCUT2D eigenvalue weighted by atomic mass is 9.92. The van der Waals surface area contributed by atoms with E-state index in [0.717, 1.165) is 50.3 Å². The number of nitrogen functional groups attached to an aromatic ring is 1. The third-order valence-electron chi connectivity index (χ3n) is 5.14. The van der Waals surface area contributed by atoms with Gasteiger partial charge in [-0.2, -0.15) is 0 Å². The maximum Gasteiger partial charge on any atom is 0.335 e. The number of benzene rings is 1. The fraction of sp³-hybridized carbons (Fsp3) is 0.714. The van der Waals surface area contributed by atoms with Crippen LogP contribution in [0.4, 0.5) is 5.69 Å². The second kappa shape index (κ2) is 14.7. The predicted octanol–water partition coefficient (Wildman–Crippen LogP) is 1.67. The van der Waals surface area contributed by atoms with E-state index in [4.69, 9.17) is 42.3 Å². The number of hydrogen-bond acceptors (Lipinski definition) is 8. The first kappa shape index (κ1) is 26.8. The van der Waals surface area contributed by atoms with Crippen LogP contribution < -0.4 is 33.4 Å². The monoisotopic (exact) mass is 441 g/mol. The maximum absolute atomic E-state index is 6.71. The van der Waals surface area contributed by atoms with Crippen molar-refractivity contribution in [3.63, 3.8) is 0 Å². The Morgan fingerprint density at radius 3 is 2.07 bits per heavy atom. The van der Waals surface area contributed by atoms with Crippen LogP contribution in [0, 0.1) is 0 Å². The van der Waals surface area contributed by atoms with Gasteiger partial charge in [-0.3, -0.25) is 0 Å². The lowest BCUT2D eigenvalue weighted by molar-refractivity contribution is 0.00478. The number of anilines is 1. The molecule has 174 valence electrons. The van der Waals surface area contributed by atoms with Gasteiger partial charge in [-0.25, -0.2) is 0 Å². The highest BCUT2D eigenvalue weighted by Gasteiger charge is 2.41. The van der Waals surface area contributed by atoms with Crippen LogP contribution in [-0.4, -0.2) is 53.6 Å². The summed E-state index contributed by atoms with van der Waals surface area (Å²) in [4.78, 5) is 0. The first-order valence-corrected chi connectivity index (χ1v) is 13.6. The molecule has 8 nitrogen and oxygen atoms in total. The van der Waals surface area contributed by atoms with E-state index in [9.17, 15) is 0 Å². The molecule has 0 aliphatic rings. The zero-order valence-corrected chi connectivity index (χ0v) is 19.6. The summed E-state index contributed by atoms with van der Waals surface area (Å²) in [5.41, 5.74) is 29.5. The molecule has 1 unspecified atom stereocenters. The molecule has 0 spiro atoms. The molecule has 0 fully saturated rings. The smallest absolute Gasteiger partial charge is 0.335 e. The Labute approximate surface area is 183 Å². The number of unbranched alkanes of at least 4 members (excludes halogenated alkanes) is 1. The summed E-state index contributed by atoms with van der Waals surface area (Å²) >= 11 is 0. The molecule has 0 heterocycles. The SMILES string of the molecule is C[Si](CCCN)(OCCCCOc1cccc(N)c1)OC(CCN)(CCN)CCN. The van der Waals surface area contributed by atoms with Crippen LogP contribution in [0.5, 0.6) is 5.75 Å². The lowest BCUT2D eigenvalue weighted by Gasteiger charge is -2.41. The Hall–Kier alpha value is -1.20. The van der Waals surface area contributed by atoms with Gasteiger partial charge in [0.2, 0.25) is 0 Å². The van der Waals surface area contributed by atoms with E-state index in [1.165, 1.54) is 0 Å². The van der Waals surface area contributed by atoms with Crippen LogP contribution in [0.2, 0.25) is 12.6 Å². The second-order valence-electron chi connectivity index (χ2n) is 7.90. The van der Waals surface area contributed by atoms with Crippen molar-refractivity contribution in [3.8, 4) is 5.75 Å².